The van der Waals surface area contributed by atoms with E-state index in [1.54, 1.807) is 12.1 Å². The molecule has 0 fully saturated rings. The van der Waals surface area contributed by atoms with Gasteiger partial charge in [-0.3, -0.25) is 4.79 Å². The van der Waals surface area contributed by atoms with E-state index in [4.69, 9.17) is 0 Å². The van der Waals surface area contributed by atoms with Crippen molar-refractivity contribution in [2.24, 2.45) is 0 Å². The van der Waals surface area contributed by atoms with Gasteiger partial charge in [0, 0.05) is 18.5 Å². The summed E-state index contributed by atoms with van der Waals surface area (Å²) in [4.78, 5) is 14.4. The summed E-state index contributed by atoms with van der Waals surface area (Å²) in [6.07, 6.45) is 2.37. The Morgan fingerprint density at radius 3 is 2.29 bits per heavy atom. The maximum absolute atomic E-state index is 12.9. The Hall–Kier alpha value is -1.71. The normalized spacial score (nSPS) is 10.5. The molecule has 0 bridgehead atoms. The van der Waals surface area contributed by atoms with Gasteiger partial charge in [-0.2, -0.15) is 0 Å². The predicted octanol–water partition coefficient (Wildman–Crippen LogP) is 1.36. The van der Waals surface area contributed by atoms with Gasteiger partial charge in [0.25, 0.3) is 0 Å². The number of benzene rings is 2. The summed E-state index contributed by atoms with van der Waals surface area (Å²) in [6, 6.07) is 16.2. The second kappa shape index (κ2) is 11.0. The van der Waals surface area contributed by atoms with Crippen LogP contribution < -0.4 is 12.4 Å². The third-order valence-corrected chi connectivity index (χ3v) is 4.05. The molecule has 0 aliphatic carbocycles. The number of hydrogen-bond donors (Lipinski definition) is 0. The summed E-state index contributed by atoms with van der Waals surface area (Å²) in [5, 5.41) is 0. The van der Waals surface area contributed by atoms with Crippen LogP contribution in [0.1, 0.15) is 35.7 Å². The maximum atomic E-state index is 12.9. The lowest BCUT2D eigenvalue weighted by Crippen LogP contribution is -3.00. The molecule has 0 spiro atoms. The highest BCUT2D eigenvalue weighted by Gasteiger charge is 2.08. The Bertz CT molecular complexity index is 601. The number of likely N-dealkylation sites (N-methyl/N-ethyl adjacent to an activating group) is 1. The molecule has 130 valence electrons. The van der Waals surface area contributed by atoms with Gasteiger partial charge in [0.15, 0.2) is 5.78 Å². The highest BCUT2D eigenvalue weighted by Crippen LogP contribution is 2.08. The van der Waals surface area contributed by atoms with E-state index in [1.165, 1.54) is 17.7 Å². The summed E-state index contributed by atoms with van der Waals surface area (Å²) < 4.78 is 12.9. The average molecular weight is 349 g/mol. The zero-order valence-electron chi connectivity index (χ0n) is 14.1. The molecule has 2 nitrogen and oxygen atoms in total. The number of Topliss-reactive ketones (excluding diaryl/α,β-unsaturated/α-hetero) is 1. The van der Waals surface area contributed by atoms with E-state index in [0.29, 0.717) is 12.0 Å². The highest BCUT2D eigenvalue weighted by atomic mass is 35.5. The maximum Gasteiger partial charge on any atom is 0.162 e. The second-order valence-corrected chi connectivity index (χ2v) is 5.70. The fourth-order valence-electron chi connectivity index (χ4n) is 2.60. The smallest absolute Gasteiger partial charge is 0.162 e. The van der Waals surface area contributed by atoms with Crippen molar-refractivity contribution in [1.29, 1.82) is 0 Å². The van der Waals surface area contributed by atoms with Crippen LogP contribution in [0.5, 0.6) is 0 Å². The molecule has 0 heterocycles. The molecular weight excluding hydrogens is 325 g/mol. The first-order valence-corrected chi connectivity index (χ1v) is 8.24. The lowest BCUT2D eigenvalue weighted by atomic mass is 10.1. The van der Waals surface area contributed by atoms with Gasteiger partial charge in [-0.05, 0) is 55.8 Å². The largest absolute Gasteiger partial charge is 1.00 e. The summed E-state index contributed by atoms with van der Waals surface area (Å²) in [6.45, 7) is 5.05. The minimum Gasteiger partial charge on any atom is -1.00 e. The first-order chi connectivity index (χ1) is 11.2. The van der Waals surface area contributed by atoms with Gasteiger partial charge in [0.2, 0.25) is 0 Å². The topological polar surface area (TPSA) is 20.3 Å². The van der Waals surface area contributed by atoms with E-state index in [1.807, 2.05) is 6.07 Å². The third-order valence-electron chi connectivity index (χ3n) is 4.05. The van der Waals surface area contributed by atoms with Crippen LogP contribution in [0, 0.1) is 5.82 Å². The minimum atomic E-state index is -0.306. The van der Waals surface area contributed by atoms with Crippen molar-refractivity contribution >= 4 is 5.78 Å². The van der Waals surface area contributed by atoms with Crippen LogP contribution in [0.25, 0.3) is 0 Å². The van der Waals surface area contributed by atoms with Crippen molar-refractivity contribution in [3.05, 3.63) is 71.5 Å². The molecule has 0 radical (unpaired) electrons. The summed E-state index contributed by atoms with van der Waals surface area (Å²) >= 11 is 0. The fourth-order valence-corrected chi connectivity index (χ4v) is 2.60. The minimum absolute atomic E-state index is 0. The molecule has 0 amide bonds. The number of hydrogen-bond acceptors (Lipinski definition) is 2. The van der Waals surface area contributed by atoms with Crippen molar-refractivity contribution in [3.8, 4) is 0 Å². The monoisotopic (exact) mass is 348 g/mol. The van der Waals surface area contributed by atoms with Crippen molar-refractivity contribution < 1.29 is 21.6 Å². The van der Waals surface area contributed by atoms with Crippen LogP contribution in [0.2, 0.25) is 0 Å². The number of carbonyl (C=O) groups is 1. The van der Waals surface area contributed by atoms with Crippen molar-refractivity contribution in [3.63, 3.8) is 0 Å². The Balaban J connectivity index is 0.00000288. The highest BCUT2D eigenvalue weighted by molar-refractivity contribution is 5.95. The van der Waals surface area contributed by atoms with E-state index in [9.17, 15) is 9.18 Å². The SMILES string of the molecule is CCN(CCCC(=O)c1ccc(F)cc1)CCc1ccccc1.[Cl-]. The first kappa shape index (κ1) is 20.3. The van der Waals surface area contributed by atoms with Gasteiger partial charge in [0.05, 0.1) is 0 Å². The zero-order valence-corrected chi connectivity index (χ0v) is 14.8. The number of halogens is 2. The zero-order chi connectivity index (χ0) is 16.5. The van der Waals surface area contributed by atoms with E-state index < -0.39 is 0 Å². The van der Waals surface area contributed by atoms with Gasteiger partial charge in [0.1, 0.15) is 5.82 Å². The molecule has 2 aromatic carbocycles. The molecule has 0 aliphatic heterocycles. The van der Waals surface area contributed by atoms with Gasteiger partial charge in [-0.15, -0.1) is 0 Å². The first-order valence-electron chi connectivity index (χ1n) is 8.24. The molecule has 0 aromatic heterocycles. The second-order valence-electron chi connectivity index (χ2n) is 5.70. The standard InChI is InChI=1S/C20H24FNO.ClH/c1-2-22(16-14-17-7-4-3-5-8-17)15-6-9-20(23)18-10-12-19(21)13-11-18;/h3-5,7-8,10-13H,2,6,9,14-16H2,1H3;1H/p-1. The molecule has 4 heteroatoms. The number of rotatable bonds is 9. The van der Waals surface area contributed by atoms with Crippen LogP contribution >= 0.6 is 0 Å². The molecule has 0 unspecified atom stereocenters. The molecule has 0 aliphatic rings. The van der Waals surface area contributed by atoms with Crippen molar-refractivity contribution in [2.45, 2.75) is 26.2 Å². The molecule has 0 saturated carbocycles. The van der Waals surface area contributed by atoms with Crippen LogP contribution in [-0.2, 0) is 6.42 Å². The molecule has 2 aromatic rings. The molecule has 24 heavy (non-hydrogen) atoms. The van der Waals surface area contributed by atoms with Gasteiger partial charge in [-0.1, -0.05) is 37.3 Å². The Morgan fingerprint density at radius 1 is 1.00 bits per heavy atom. The van der Waals surface area contributed by atoms with Gasteiger partial charge >= 0.3 is 0 Å². The third kappa shape index (κ3) is 6.81. The lowest BCUT2D eigenvalue weighted by Gasteiger charge is -2.20. The number of carbonyl (C=O) groups excluding carboxylic acids is 1. The molecule has 0 N–H and O–H groups in total. The predicted molar refractivity (Wildman–Crippen MR) is 92.2 cm³/mol. The fraction of sp³-hybridized carbons (Fsp3) is 0.350. The van der Waals surface area contributed by atoms with Gasteiger partial charge in [-0.25, -0.2) is 4.39 Å². The van der Waals surface area contributed by atoms with Crippen LogP contribution in [0.3, 0.4) is 0 Å². The van der Waals surface area contributed by atoms with Crippen molar-refractivity contribution in [1.82, 2.24) is 4.90 Å². The van der Waals surface area contributed by atoms with Crippen molar-refractivity contribution in [2.75, 3.05) is 19.6 Å². The summed E-state index contributed by atoms with van der Waals surface area (Å²) in [5.41, 5.74) is 1.94. The van der Waals surface area contributed by atoms with E-state index in [0.717, 1.165) is 32.5 Å². The lowest BCUT2D eigenvalue weighted by molar-refractivity contribution is -0.0000133. The molecule has 2 rings (SSSR count). The van der Waals surface area contributed by atoms with E-state index in [-0.39, 0.29) is 24.0 Å². The van der Waals surface area contributed by atoms with E-state index in [2.05, 4.69) is 36.1 Å². The number of nitrogens with zero attached hydrogens (tertiary/aromatic N) is 1. The molecular formula is C20H24ClFNO-. The van der Waals surface area contributed by atoms with Crippen LogP contribution in [0.15, 0.2) is 54.6 Å². The summed E-state index contributed by atoms with van der Waals surface area (Å²) in [7, 11) is 0. The Labute approximate surface area is 150 Å². The Morgan fingerprint density at radius 2 is 1.67 bits per heavy atom. The molecule has 0 atom stereocenters. The van der Waals surface area contributed by atoms with Crippen LogP contribution in [-0.4, -0.2) is 30.3 Å². The number of ketones is 1. The Kier molecular flexibility index (Phi) is 9.28. The van der Waals surface area contributed by atoms with E-state index >= 15 is 0 Å². The van der Waals surface area contributed by atoms with Crippen LogP contribution in [0.4, 0.5) is 4.39 Å². The quantitative estimate of drug-likeness (QED) is 0.638. The summed E-state index contributed by atoms with van der Waals surface area (Å²) in [5.74, 6) is -0.219. The molecule has 0 saturated heterocycles. The van der Waals surface area contributed by atoms with Gasteiger partial charge < -0.3 is 17.3 Å². The average Bonchev–Trinajstić information content (AvgIpc) is 2.59.